The monoisotopic (exact) mass is 307 g/mol. The number of nitrogens with zero attached hydrogens (tertiary/aromatic N) is 2. The van der Waals surface area contributed by atoms with Gasteiger partial charge in [-0.3, -0.25) is 0 Å². The van der Waals surface area contributed by atoms with E-state index >= 15 is 0 Å². The molecule has 1 aromatic heterocycles. The molecule has 3 nitrogen and oxygen atoms in total. The van der Waals surface area contributed by atoms with Gasteiger partial charge < -0.3 is 10.3 Å². The largest absolute Gasteiger partial charge is 0.322 e. The number of aryl methyl sites for hydroxylation is 3. The summed E-state index contributed by atoms with van der Waals surface area (Å²) in [6.45, 7) is 9.37. The molecule has 3 aromatic rings. The molecule has 0 saturated heterocycles. The van der Waals surface area contributed by atoms with Crippen LogP contribution in [-0.4, -0.2) is 9.55 Å². The van der Waals surface area contributed by atoms with E-state index in [1.807, 2.05) is 0 Å². The Labute approximate surface area is 138 Å². The maximum atomic E-state index is 6.34. The van der Waals surface area contributed by atoms with Crippen LogP contribution in [0.1, 0.15) is 47.5 Å². The van der Waals surface area contributed by atoms with Gasteiger partial charge in [-0.2, -0.15) is 0 Å². The molecule has 3 heteroatoms. The van der Waals surface area contributed by atoms with E-state index in [1.165, 1.54) is 27.8 Å². The van der Waals surface area contributed by atoms with Crippen LogP contribution in [0.4, 0.5) is 0 Å². The number of imidazole rings is 1. The lowest BCUT2D eigenvalue weighted by atomic mass is 10.1. The van der Waals surface area contributed by atoms with Crippen LogP contribution in [0, 0.1) is 20.8 Å². The van der Waals surface area contributed by atoms with Crippen LogP contribution in [0.25, 0.3) is 11.0 Å². The summed E-state index contributed by atoms with van der Waals surface area (Å²) in [4.78, 5) is 4.85. The third-order valence-corrected chi connectivity index (χ3v) is 4.75. The molecule has 0 amide bonds. The first-order valence-corrected chi connectivity index (χ1v) is 8.28. The van der Waals surface area contributed by atoms with Crippen molar-refractivity contribution >= 4 is 11.0 Å². The van der Waals surface area contributed by atoms with Crippen molar-refractivity contribution in [3.63, 3.8) is 0 Å². The standard InChI is InChI=1S/C20H25N3/c1-5-17(21)20-22-18-10-14(3)15(4)11-19(18)23(20)12-16-9-7-6-8-13(16)2/h6-11,17H,5,12,21H2,1-4H3. The second-order valence-electron chi connectivity index (χ2n) is 6.42. The molecule has 23 heavy (non-hydrogen) atoms. The molecule has 0 radical (unpaired) electrons. The zero-order valence-electron chi connectivity index (χ0n) is 14.4. The Morgan fingerprint density at radius 2 is 1.74 bits per heavy atom. The molecule has 1 atom stereocenters. The van der Waals surface area contributed by atoms with Gasteiger partial charge in [-0.1, -0.05) is 31.2 Å². The van der Waals surface area contributed by atoms with Crippen LogP contribution >= 0.6 is 0 Å². The van der Waals surface area contributed by atoms with Gasteiger partial charge in [0.25, 0.3) is 0 Å². The second-order valence-corrected chi connectivity index (χ2v) is 6.42. The molecular formula is C20H25N3. The fourth-order valence-electron chi connectivity index (χ4n) is 2.99. The van der Waals surface area contributed by atoms with Crippen molar-refractivity contribution in [1.29, 1.82) is 0 Å². The molecule has 1 heterocycles. The zero-order chi connectivity index (χ0) is 16.6. The smallest absolute Gasteiger partial charge is 0.127 e. The Kier molecular flexibility index (Phi) is 4.22. The van der Waals surface area contributed by atoms with Gasteiger partial charge in [-0.15, -0.1) is 0 Å². The van der Waals surface area contributed by atoms with E-state index in [0.717, 1.165) is 24.3 Å². The first-order chi connectivity index (χ1) is 11.0. The Bertz CT molecular complexity index is 845. The highest BCUT2D eigenvalue weighted by Crippen LogP contribution is 2.26. The summed E-state index contributed by atoms with van der Waals surface area (Å²) in [6, 6.07) is 12.9. The predicted molar refractivity (Wildman–Crippen MR) is 96.7 cm³/mol. The average Bonchev–Trinajstić information content (AvgIpc) is 2.87. The van der Waals surface area contributed by atoms with Gasteiger partial charge in [-0.25, -0.2) is 4.98 Å². The third-order valence-electron chi connectivity index (χ3n) is 4.75. The molecule has 0 aliphatic rings. The molecular weight excluding hydrogens is 282 g/mol. The summed E-state index contributed by atoms with van der Waals surface area (Å²) in [6.07, 6.45) is 0.884. The number of benzene rings is 2. The summed E-state index contributed by atoms with van der Waals surface area (Å²) < 4.78 is 2.29. The molecule has 1 unspecified atom stereocenters. The fraction of sp³-hybridized carbons (Fsp3) is 0.350. The Morgan fingerprint density at radius 3 is 2.43 bits per heavy atom. The number of fused-ring (bicyclic) bond motifs is 1. The first kappa shape index (κ1) is 15.8. The van der Waals surface area contributed by atoms with Gasteiger partial charge >= 0.3 is 0 Å². The van der Waals surface area contributed by atoms with Crippen LogP contribution in [0.15, 0.2) is 36.4 Å². The summed E-state index contributed by atoms with van der Waals surface area (Å²) in [7, 11) is 0. The van der Waals surface area contributed by atoms with E-state index in [-0.39, 0.29) is 6.04 Å². The number of nitrogens with two attached hydrogens (primary N) is 1. The van der Waals surface area contributed by atoms with Gasteiger partial charge in [0.05, 0.1) is 17.1 Å². The minimum Gasteiger partial charge on any atom is -0.322 e. The van der Waals surface area contributed by atoms with Gasteiger partial charge in [-0.05, 0) is 61.6 Å². The Balaban J connectivity index is 2.19. The molecule has 0 fully saturated rings. The lowest BCUT2D eigenvalue weighted by molar-refractivity contribution is 0.605. The first-order valence-electron chi connectivity index (χ1n) is 8.28. The minimum atomic E-state index is -0.0352. The fourth-order valence-corrected chi connectivity index (χ4v) is 2.99. The van der Waals surface area contributed by atoms with Crippen molar-refractivity contribution in [3.05, 3.63) is 64.5 Å². The number of rotatable bonds is 4. The van der Waals surface area contributed by atoms with E-state index < -0.39 is 0 Å². The van der Waals surface area contributed by atoms with E-state index in [2.05, 4.69) is 68.7 Å². The third kappa shape index (κ3) is 2.89. The van der Waals surface area contributed by atoms with E-state index in [4.69, 9.17) is 10.7 Å². The molecule has 0 aliphatic carbocycles. The van der Waals surface area contributed by atoms with Gasteiger partial charge in [0, 0.05) is 6.54 Å². The Hall–Kier alpha value is -2.13. The molecule has 0 aliphatic heterocycles. The quantitative estimate of drug-likeness (QED) is 0.775. The van der Waals surface area contributed by atoms with Crippen molar-refractivity contribution in [2.75, 3.05) is 0 Å². The lowest BCUT2D eigenvalue weighted by Crippen LogP contribution is -2.16. The molecule has 0 spiro atoms. The minimum absolute atomic E-state index is 0.0352. The molecule has 3 rings (SSSR count). The SMILES string of the molecule is CCC(N)c1nc2cc(C)c(C)cc2n1Cc1ccccc1C. The highest BCUT2D eigenvalue weighted by molar-refractivity contribution is 5.78. The summed E-state index contributed by atoms with van der Waals surface area (Å²) >= 11 is 0. The van der Waals surface area contributed by atoms with Crippen LogP contribution in [0.2, 0.25) is 0 Å². The molecule has 0 saturated carbocycles. The number of hydrogen-bond acceptors (Lipinski definition) is 2. The van der Waals surface area contributed by atoms with Gasteiger partial charge in [0.1, 0.15) is 5.82 Å². The maximum absolute atomic E-state index is 6.34. The van der Waals surface area contributed by atoms with Crippen molar-refractivity contribution in [2.24, 2.45) is 5.73 Å². The summed E-state index contributed by atoms with van der Waals surface area (Å²) in [5.74, 6) is 0.982. The predicted octanol–water partition coefficient (Wildman–Crippen LogP) is 4.42. The summed E-state index contributed by atoms with van der Waals surface area (Å²) in [5, 5.41) is 0. The van der Waals surface area contributed by atoms with E-state index in [0.29, 0.717) is 0 Å². The maximum Gasteiger partial charge on any atom is 0.127 e. The van der Waals surface area contributed by atoms with Crippen LogP contribution < -0.4 is 5.73 Å². The van der Waals surface area contributed by atoms with E-state index in [9.17, 15) is 0 Å². The molecule has 0 bridgehead atoms. The molecule has 2 N–H and O–H groups in total. The van der Waals surface area contributed by atoms with Crippen molar-refractivity contribution in [3.8, 4) is 0 Å². The van der Waals surface area contributed by atoms with E-state index in [1.54, 1.807) is 0 Å². The highest BCUT2D eigenvalue weighted by Gasteiger charge is 2.17. The molecule has 2 aromatic carbocycles. The van der Waals surface area contributed by atoms with Gasteiger partial charge in [0.2, 0.25) is 0 Å². The molecule has 120 valence electrons. The second kappa shape index (κ2) is 6.17. The average molecular weight is 307 g/mol. The lowest BCUT2D eigenvalue weighted by Gasteiger charge is -2.15. The normalized spacial score (nSPS) is 12.7. The van der Waals surface area contributed by atoms with Crippen LogP contribution in [0.5, 0.6) is 0 Å². The highest BCUT2D eigenvalue weighted by atomic mass is 15.1. The summed E-state index contributed by atoms with van der Waals surface area (Å²) in [5.41, 5.74) is 13.7. The number of hydrogen-bond donors (Lipinski definition) is 1. The topological polar surface area (TPSA) is 43.8 Å². The van der Waals surface area contributed by atoms with Crippen LogP contribution in [0.3, 0.4) is 0 Å². The van der Waals surface area contributed by atoms with Gasteiger partial charge in [0.15, 0.2) is 0 Å². The Morgan fingerprint density at radius 1 is 1.04 bits per heavy atom. The van der Waals surface area contributed by atoms with Crippen molar-refractivity contribution < 1.29 is 0 Å². The van der Waals surface area contributed by atoms with Crippen molar-refractivity contribution in [2.45, 2.75) is 46.7 Å². The number of aromatic nitrogens is 2. The van der Waals surface area contributed by atoms with Crippen LogP contribution in [-0.2, 0) is 6.54 Å². The zero-order valence-corrected chi connectivity index (χ0v) is 14.4. The van der Waals surface area contributed by atoms with Crippen molar-refractivity contribution in [1.82, 2.24) is 9.55 Å².